The molecule has 0 aliphatic rings. The Balaban J connectivity index is 2.12. The number of pyridine rings is 1. The lowest BCUT2D eigenvalue weighted by molar-refractivity contribution is -0.116. The highest BCUT2D eigenvalue weighted by Crippen LogP contribution is 2.25. The van der Waals surface area contributed by atoms with Gasteiger partial charge in [0.2, 0.25) is 5.91 Å². The van der Waals surface area contributed by atoms with Crippen LogP contribution >= 0.6 is 23.2 Å². The van der Waals surface area contributed by atoms with Crippen LogP contribution in [0.3, 0.4) is 0 Å². The number of carbonyl (C=O) groups excluding carboxylic acids is 2. The van der Waals surface area contributed by atoms with E-state index in [4.69, 9.17) is 23.2 Å². The summed E-state index contributed by atoms with van der Waals surface area (Å²) in [4.78, 5) is 28.2. The molecule has 2 N–H and O–H groups in total. The molecule has 0 aliphatic heterocycles. The van der Waals surface area contributed by atoms with E-state index in [1.54, 1.807) is 30.3 Å². The van der Waals surface area contributed by atoms with Crippen LogP contribution in [-0.2, 0) is 4.79 Å². The molecule has 5 nitrogen and oxygen atoms in total. The van der Waals surface area contributed by atoms with Crippen LogP contribution in [0.1, 0.15) is 30.6 Å². The molecular weight excluding hydrogens is 349 g/mol. The Labute approximate surface area is 150 Å². The van der Waals surface area contributed by atoms with Gasteiger partial charge in [0.05, 0.1) is 15.6 Å². The van der Waals surface area contributed by atoms with Crippen LogP contribution in [0.15, 0.2) is 36.5 Å². The Kier molecular flexibility index (Phi) is 6.17. The zero-order valence-electron chi connectivity index (χ0n) is 13.3. The summed E-state index contributed by atoms with van der Waals surface area (Å²) in [6, 6.07) is 8.02. The number of rotatable bonds is 5. The lowest BCUT2D eigenvalue weighted by atomic mass is 10.1. The van der Waals surface area contributed by atoms with E-state index in [0.717, 1.165) is 0 Å². The molecule has 1 aromatic carbocycles. The number of amides is 2. The van der Waals surface area contributed by atoms with Gasteiger partial charge in [0, 0.05) is 24.4 Å². The van der Waals surface area contributed by atoms with Crippen molar-refractivity contribution in [2.75, 3.05) is 10.6 Å². The number of anilines is 2. The Hall–Kier alpha value is -2.11. The average Bonchev–Trinajstić information content (AvgIpc) is 2.46. The predicted octanol–water partition coefficient (Wildman–Crippen LogP) is 4.63. The number of benzene rings is 1. The van der Waals surface area contributed by atoms with Crippen molar-refractivity contribution in [2.24, 2.45) is 5.92 Å². The molecule has 126 valence electrons. The van der Waals surface area contributed by atoms with Crippen LogP contribution in [-0.4, -0.2) is 16.8 Å². The molecule has 24 heavy (non-hydrogen) atoms. The van der Waals surface area contributed by atoms with Gasteiger partial charge in [0.25, 0.3) is 5.91 Å². The van der Waals surface area contributed by atoms with E-state index in [9.17, 15) is 9.59 Å². The normalized spacial score (nSPS) is 10.5. The van der Waals surface area contributed by atoms with Gasteiger partial charge in [0.1, 0.15) is 5.82 Å². The van der Waals surface area contributed by atoms with Crippen LogP contribution in [0.25, 0.3) is 0 Å². The van der Waals surface area contributed by atoms with Gasteiger partial charge < -0.3 is 10.6 Å². The molecule has 1 heterocycles. The molecule has 0 spiro atoms. The highest BCUT2D eigenvalue weighted by molar-refractivity contribution is 6.40. The number of aromatic nitrogens is 1. The van der Waals surface area contributed by atoms with Crippen molar-refractivity contribution in [1.29, 1.82) is 0 Å². The molecule has 0 fully saturated rings. The van der Waals surface area contributed by atoms with Gasteiger partial charge in [-0.2, -0.15) is 0 Å². The van der Waals surface area contributed by atoms with E-state index in [1.807, 2.05) is 13.8 Å². The van der Waals surface area contributed by atoms with Gasteiger partial charge in [-0.1, -0.05) is 43.1 Å². The summed E-state index contributed by atoms with van der Waals surface area (Å²) >= 11 is 12.0. The topological polar surface area (TPSA) is 71.1 Å². The highest BCUT2D eigenvalue weighted by atomic mass is 35.5. The van der Waals surface area contributed by atoms with Crippen LogP contribution < -0.4 is 10.6 Å². The Morgan fingerprint density at radius 1 is 1.12 bits per heavy atom. The smallest absolute Gasteiger partial charge is 0.258 e. The summed E-state index contributed by atoms with van der Waals surface area (Å²) in [5, 5.41) is 5.92. The van der Waals surface area contributed by atoms with Crippen molar-refractivity contribution < 1.29 is 9.59 Å². The van der Waals surface area contributed by atoms with E-state index in [2.05, 4.69) is 15.6 Å². The molecular formula is C17H17Cl2N3O2. The third kappa shape index (κ3) is 4.94. The largest absolute Gasteiger partial charge is 0.322 e. The second-order valence-electron chi connectivity index (χ2n) is 5.63. The molecule has 1 aromatic heterocycles. The second-order valence-corrected chi connectivity index (χ2v) is 6.44. The summed E-state index contributed by atoms with van der Waals surface area (Å²) in [6.45, 7) is 3.91. The SMILES string of the molecule is CC(C)CC(=O)Nc1cc(NC(=O)c2c(Cl)cccc2Cl)ccn1. The zero-order chi connectivity index (χ0) is 17.7. The summed E-state index contributed by atoms with van der Waals surface area (Å²) in [6.07, 6.45) is 1.89. The van der Waals surface area contributed by atoms with E-state index < -0.39 is 5.91 Å². The Morgan fingerprint density at radius 2 is 1.79 bits per heavy atom. The number of hydrogen-bond donors (Lipinski definition) is 2. The first-order chi connectivity index (χ1) is 11.4. The van der Waals surface area contributed by atoms with E-state index >= 15 is 0 Å². The molecule has 0 aliphatic carbocycles. The third-order valence-electron chi connectivity index (χ3n) is 3.07. The number of nitrogens with zero attached hydrogens (tertiary/aromatic N) is 1. The van der Waals surface area contributed by atoms with Crippen LogP contribution in [0.5, 0.6) is 0 Å². The fourth-order valence-electron chi connectivity index (χ4n) is 2.05. The van der Waals surface area contributed by atoms with Crippen molar-refractivity contribution in [2.45, 2.75) is 20.3 Å². The molecule has 2 amide bonds. The van der Waals surface area contributed by atoms with Gasteiger partial charge in [-0.25, -0.2) is 4.98 Å². The summed E-state index contributed by atoms with van der Waals surface area (Å²) < 4.78 is 0. The minimum atomic E-state index is -0.434. The average molecular weight is 366 g/mol. The molecule has 2 rings (SSSR count). The molecule has 0 unspecified atom stereocenters. The molecule has 0 radical (unpaired) electrons. The van der Waals surface area contributed by atoms with Crippen molar-refractivity contribution in [3.8, 4) is 0 Å². The second kappa shape index (κ2) is 8.13. The maximum atomic E-state index is 12.3. The predicted molar refractivity (Wildman–Crippen MR) is 96.7 cm³/mol. The van der Waals surface area contributed by atoms with Crippen LogP contribution in [0.4, 0.5) is 11.5 Å². The summed E-state index contributed by atoms with van der Waals surface area (Å²) in [7, 11) is 0. The third-order valence-corrected chi connectivity index (χ3v) is 3.70. The van der Waals surface area contributed by atoms with Crippen molar-refractivity contribution in [3.05, 3.63) is 52.1 Å². The van der Waals surface area contributed by atoms with E-state index in [0.29, 0.717) is 17.9 Å². The van der Waals surface area contributed by atoms with Crippen molar-refractivity contribution in [1.82, 2.24) is 4.98 Å². The first kappa shape index (κ1) is 18.2. The minimum Gasteiger partial charge on any atom is -0.322 e. The van der Waals surface area contributed by atoms with Gasteiger partial charge in [-0.15, -0.1) is 0 Å². The van der Waals surface area contributed by atoms with Gasteiger partial charge in [0.15, 0.2) is 0 Å². The number of halogens is 2. The van der Waals surface area contributed by atoms with Gasteiger partial charge in [-0.05, 0) is 24.1 Å². The van der Waals surface area contributed by atoms with Crippen molar-refractivity contribution >= 4 is 46.5 Å². The summed E-state index contributed by atoms with van der Waals surface area (Å²) in [5.74, 6) is 0.0466. The quantitative estimate of drug-likeness (QED) is 0.811. The molecule has 0 saturated carbocycles. The van der Waals surface area contributed by atoms with Gasteiger partial charge >= 0.3 is 0 Å². The van der Waals surface area contributed by atoms with E-state index in [-0.39, 0.29) is 27.4 Å². The Bertz CT molecular complexity index is 743. The first-order valence-corrected chi connectivity index (χ1v) is 8.13. The standard InChI is InChI=1S/C17H17Cl2N3O2/c1-10(2)8-15(23)22-14-9-11(6-7-20-14)21-17(24)16-12(18)4-3-5-13(16)19/h3-7,9-10H,8H2,1-2H3,(H2,20,21,22,23,24). The maximum Gasteiger partial charge on any atom is 0.258 e. The molecule has 0 saturated heterocycles. The maximum absolute atomic E-state index is 12.3. The Morgan fingerprint density at radius 3 is 2.42 bits per heavy atom. The molecule has 0 bridgehead atoms. The monoisotopic (exact) mass is 365 g/mol. The number of carbonyl (C=O) groups is 2. The number of hydrogen-bond acceptors (Lipinski definition) is 3. The van der Waals surface area contributed by atoms with Crippen LogP contribution in [0, 0.1) is 5.92 Å². The van der Waals surface area contributed by atoms with Gasteiger partial charge in [-0.3, -0.25) is 9.59 Å². The fraction of sp³-hybridized carbons (Fsp3) is 0.235. The number of nitrogens with one attached hydrogen (secondary N) is 2. The fourth-order valence-corrected chi connectivity index (χ4v) is 2.62. The van der Waals surface area contributed by atoms with Crippen molar-refractivity contribution in [3.63, 3.8) is 0 Å². The van der Waals surface area contributed by atoms with E-state index in [1.165, 1.54) is 6.20 Å². The highest BCUT2D eigenvalue weighted by Gasteiger charge is 2.15. The lowest BCUT2D eigenvalue weighted by Crippen LogP contribution is -2.16. The summed E-state index contributed by atoms with van der Waals surface area (Å²) in [5.41, 5.74) is 0.675. The lowest BCUT2D eigenvalue weighted by Gasteiger charge is -2.10. The molecule has 2 aromatic rings. The first-order valence-electron chi connectivity index (χ1n) is 7.38. The minimum absolute atomic E-state index is 0.130. The van der Waals surface area contributed by atoms with Crippen LogP contribution in [0.2, 0.25) is 10.0 Å². The zero-order valence-corrected chi connectivity index (χ0v) is 14.8. The molecule has 0 atom stereocenters. The molecule has 7 heteroatoms.